The minimum absolute atomic E-state index is 0.233. The Bertz CT molecular complexity index is 388. The van der Waals surface area contributed by atoms with Crippen molar-refractivity contribution in [1.29, 1.82) is 0 Å². The van der Waals surface area contributed by atoms with Crippen LogP contribution in [0.2, 0.25) is 0 Å². The smallest absolute Gasteiger partial charge is 0.322 e. The van der Waals surface area contributed by atoms with Crippen molar-refractivity contribution in [2.75, 3.05) is 6.54 Å². The number of carbonyl (C=O) groups excluding carboxylic acids is 1. The second-order valence-corrected chi connectivity index (χ2v) is 3.47. The van der Waals surface area contributed by atoms with Crippen molar-refractivity contribution in [3.05, 3.63) is 35.4 Å². The molecule has 1 aromatic carbocycles. The van der Waals surface area contributed by atoms with Gasteiger partial charge in [-0.3, -0.25) is 9.59 Å². The maximum atomic E-state index is 11.4. The summed E-state index contributed by atoms with van der Waals surface area (Å²) in [5, 5.41) is 10.8. The van der Waals surface area contributed by atoms with Crippen LogP contribution in [0.1, 0.15) is 18.1 Å². The van der Waals surface area contributed by atoms with Crippen LogP contribution in [0.5, 0.6) is 0 Å². The van der Waals surface area contributed by atoms with Gasteiger partial charge in [-0.05, 0) is 17.5 Å². The highest BCUT2D eigenvalue weighted by Gasteiger charge is 2.07. The molecule has 0 fully saturated rings. The van der Waals surface area contributed by atoms with Crippen LogP contribution in [-0.2, 0) is 22.4 Å². The van der Waals surface area contributed by atoms with Gasteiger partial charge in [-0.2, -0.15) is 0 Å². The van der Waals surface area contributed by atoms with Crippen LogP contribution in [0.3, 0.4) is 0 Å². The molecular weight excluding hydrogens is 206 g/mol. The molecule has 0 saturated heterocycles. The average molecular weight is 221 g/mol. The third-order valence-electron chi connectivity index (χ3n) is 2.29. The Morgan fingerprint density at radius 3 is 2.44 bits per heavy atom. The van der Waals surface area contributed by atoms with Crippen molar-refractivity contribution in [2.45, 2.75) is 19.8 Å². The molecule has 1 aromatic rings. The van der Waals surface area contributed by atoms with Crippen molar-refractivity contribution >= 4 is 11.9 Å². The summed E-state index contributed by atoms with van der Waals surface area (Å²) in [6.07, 6.45) is 1.10. The van der Waals surface area contributed by atoms with Gasteiger partial charge in [0.05, 0.1) is 6.42 Å². The van der Waals surface area contributed by atoms with Crippen LogP contribution < -0.4 is 5.32 Å². The molecule has 0 aromatic heterocycles. The normalized spacial score (nSPS) is 9.81. The minimum Gasteiger partial charge on any atom is -0.480 e. The molecule has 86 valence electrons. The second kappa shape index (κ2) is 5.90. The topological polar surface area (TPSA) is 66.4 Å². The first kappa shape index (κ1) is 12.2. The highest BCUT2D eigenvalue weighted by atomic mass is 16.4. The van der Waals surface area contributed by atoms with Gasteiger partial charge in [0.15, 0.2) is 0 Å². The van der Waals surface area contributed by atoms with Crippen LogP contribution >= 0.6 is 0 Å². The molecule has 0 radical (unpaired) electrons. The highest BCUT2D eigenvalue weighted by molar-refractivity contribution is 5.82. The average Bonchev–Trinajstić information content (AvgIpc) is 2.27. The van der Waals surface area contributed by atoms with E-state index in [1.807, 2.05) is 31.2 Å². The molecule has 2 N–H and O–H groups in total. The Kier molecular flexibility index (Phi) is 4.51. The van der Waals surface area contributed by atoms with E-state index < -0.39 is 5.97 Å². The van der Waals surface area contributed by atoms with E-state index in [1.54, 1.807) is 0 Å². The summed E-state index contributed by atoms with van der Waals surface area (Å²) >= 11 is 0. The molecular formula is C12H15NO3. The number of carbonyl (C=O) groups is 2. The number of hydrogen-bond acceptors (Lipinski definition) is 2. The summed E-state index contributed by atoms with van der Waals surface area (Å²) in [6, 6.07) is 7.66. The molecule has 0 aliphatic carbocycles. The zero-order valence-corrected chi connectivity index (χ0v) is 9.19. The van der Waals surface area contributed by atoms with Gasteiger partial charge in [-0.15, -0.1) is 0 Å². The molecule has 4 nitrogen and oxygen atoms in total. The Labute approximate surface area is 94.3 Å². The molecule has 0 heterocycles. The van der Waals surface area contributed by atoms with E-state index >= 15 is 0 Å². The number of nitrogens with one attached hydrogen (secondary N) is 1. The molecule has 0 aliphatic heterocycles. The Morgan fingerprint density at radius 1 is 1.25 bits per heavy atom. The molecule has 1 rings (SSSR count). The van der Waals surface area contributed by atoms with E-state index in [-0.39, 0.29) is 18.9 Å². The number of hydrogen-bond donors (Lipinski definition) is 2. The number of amides is 1. The van der Waals surface area contributed by atoms with Gasteiger partial charge in [0, 0.05) is 0 Å². The first-order valence-corrected chi connectivity index (χ1v) is 5.18. The number of benzene rings is 1. The molecule has 1 amide bonds. The van der Waals surface area contributed by atoms with Crippen molar-refractivity contribution in [2.24, 2.45) is 0 Å². The number of aryl methyl sites for hydroxylation is 1. The third kappa shape index (κ3) is 3.73. The van der Waals surface area contributed by atoms with E-state index in [0.717, 1.165) is 17.5 Å². The maximum Gasteiger partial charge on any atom is 0.322 e. The van der Waals surface area contributed by atoms with Crippen molar-refractivity contribution in [3.8, 4) is 0 Å². The SMILES string of the molecule is CCc1ccccc1CC(=O)NCC(=O)O. The van der Waals surface area contributed by atoms with E-state index in [0.29, 0.717) is 0 Å². The molecule has 16 heavy (non-hydrogen) atoms. The number of carboxylic acid groups (broad SMARTS) is 1. The fourth-order valence-corrected chi connectivity index (χ4v) is 1.48. The first-order chi connectivity index (χ1) is 7.63. The summed E-state index contributed by atoms with van der Waals surface area (Å²) in [5.74, 6) is -1.29. The van der Waals surface area contributed by atoms with Crippen LogP contribution in [0.25, 0.3) is 0 Å². The number of carboxylic acids is 1. The molecule has 0 unspecified atom stereocenters. The van der Waals surface area contributed by atoms with E-state index in [2.05, 4.69) is 5.32 Å². The van der Waals surface area contributed by atoms with Gasteiger partial charge in [-0.1, -0.05) is 31.2 Å². The van der Waals surface area contributed by atoms with E-state index in [9.17, 15) is 9.59 Å². The second-order valence-electron chi connectivity index (χ2n) is 3.47. The molecule has 4 heteroatoms. The highest BCUT2D eigenvalue weighted by Crippen LogP contribution is 2.09. The summed E-state index contributed by atoms with van der Waals surface area (Å²) in [5.41, 5.74) is 2.07. The van der Waals surface area contributed by atoms with Gasteiger partial charge < -0.3 is 10.4 Å². The van der Waals surface area contributed by atoms with Crippen LogP contribution in [0, 0.1) is 0 Å². The van der Waals surface area contributed by atoms with Crippen LogP contribution in [-0.4, -0.2) is 23.5 Å². The zero-order chi connectivity index (χ0) is 12.0. The maximum absolute atomic E-state index is 11.4. The predicted molar refractivity (Wildman–Crippen MR) is 60.2 cm³/mol. The van der Waals surface area contributed by atoms with Gasteiger partial charge in [0.2, 0.25) is 5.91 Å². The Balaban J connectivity index is 2.58. The van der Waals surface area contributed by atoms with E-state index in [1.165, 1.54) is 0 Å². The van der Waals surface area contributed by atoms with Crippen LogP contribution in [0.15, 0.2) is 24.3 Å². The van der Waals surface area contributed by atoms with Gasteiger partial charge in [0.25, 0.3) is 0 Å². The monoisotopic (exact) mass is 221 g/mol. The third-order valence-corrected chi connectivity index (χ3v) is 2.29. The lowest BCUT2D eigenvalue weighted by Gasteiger charge is -2.07. The largest absolute Gasteiger partial charge is 0.480 e. The number of aliphatic carboxylic acids is 1. The van der Waals surface area contributed by atoms with Crippen LogP contribution in [0.4, 0.5) is 0 Å². The summed E-state index contributed by atoms with van der Waals surface area (Å²) in [4.78, 5) is 21.7. The lowest BCUT2D eigenvalue weighted by Crippen LogP contribution is -2.30. The standard InChI is InChI=1S/C12H15NO3/c1-2-9-5-3-4-6-10(9)7-11(14)13-8-12(15)16/h3-6H,2,7-8H2,1H3,(H,13,14)(H,15,16). The molecule has 0 bridgehead atoms. The molecule has 0 spiro atoms. The van der Waals surface area contributed by atoms with Gasteiger partial charge in [-0.25, -0.2) is 0 Å². The zero-order valence-electron chi connectivity index (χ0n) is 9.19. The number of rotatable bonds is 5. The lowest BCUT2D eigenvalue weighted by atomic mass is 10.0. The van der Waals surface area contributed by atoms with Gasteiger partial charge in [0.1, 0.15) is 6.54 Å². The summed E-state index contributed by atoms with van der Waals surface area (Å²) in [7, 11) is 0. The first-order valence-electron chi connectivity index (χ1n) is 5.18. The minimum atomic E-state index is -1.03. The quantitative estimate of drug-likeness (QED) is 0.779. The fraction of sp³-hybridized carbons (Fsp3) is 0.333. The molecule has 0 saturated carbocycles. The van der Waals surface area contributed by atoms with Crippen molar-refractivity contribution in [3.63, 3.8) is 0 Å². The Hall–Kier alpha value is -1.84. The van der Waals surface area contributed by atoms with Crippen molar-refractivity contribution < 1.29 is 14.7 Å². The molecule has 0 atom stereocenters. The summed E-state index contributed by atoms with van der Waals surface area (Å²) in [6.45, 7) is 1.70. The van der Waals surface area contributed by atoms with Gasteiger partial charge >= 0.3 is 5.97 Å². The van der Waals surface area contributed by atoms with Crippen molar-refractivity contribution in [1.82, 2.24) is 5.32 Å². The Morgan fingerprint density at radius 2 is 1.88 bits per heavy atom. The lowest BCUT2D eigenvalue weighted by molar-refractivity contribution is -0.137. The summed E-state index contributed by atoms with van der Waals surface area (Å²) < 4.78 is 0. The van der Waals surface area contributed by atoms with E-state index in [4.69, 9.17) is 5.11 Å². The fourth-order valence-electron chi connectivity index (χ4n) is 1.48. The predicted octanol–water partition coefficient (Wildman–Crippen LogP) is 0.992. The molecule has 0 aliphatic rings.